The number of hydrogen-bond donors (Lipinski definition) is 0. The van der Waals surface area contributed by atoms with Crippen molar-refractivity contribution in [1.82, 2.24) is 0 Å². The smallest absolute Gasteiger partial charge is 0.0780 e. The average molecular weight is 463 g/mol. The van der Waals surface area contributed by atoms with Crippen LogP contribution in [0.4, 0.5) is 0 Å². The molecular weight excluding hydrogens is 421 g/mol. The molecular formula is C28H42Si3. The molecule has 0 N–H and O–H groups in total. The molecule has 166 valence electrons. The molecule has 0 saturated carbocycles. The quantitative estimate of drug-likeness (QED) is 0.376. The van der Waals surface area contributed by atoms with E-state index >= 15 is 0 Å². The number of benzene rings is 2. The first-order valence-corrected chi connectivity index (χ1v) is 21.1. The molecule has 0 fully saturated rings. The Morgan fingerprint density at radius 3 is 1.03 bits per heavy atom. The highest BCUT2D eigenvalue weighted by molar-refractivity contribution is 7.21. The number of allylic oxidation sites excluding steroid dienone is 2. The van der Waals surface area contributed by atoms with E-state index in [0.717, 1.165) is 0 Å². The third-order valence-corrected chi connectivity index (χ3v) is 23.3. The predicted molar refractivity (Wildman–Crippen MR) is 149 cm³/mol. The van der Waals surface area contributed by atoms with Gasteiger partial charge in [-0.3, -0.25) is 0 Å². The van der Waals surface area contributed by atoms with Crippen LogP contribution in [0.3, 0.4) is 0 Å². The molecule has 3 rings (SSSR count). The molecule has 0 aliphatic carbocycles. The third-order valence-electron chi connectivity index (χ3n) is 7.02. The zero-order chi connectivity index (χ0) is 23.2. The molecule has 0 saturated heterocycles. The second kappa shape index (κ2) is 8.49. The van der Waals surface area contributed by atoms with E-state index in [2.05, 4.69) is 128 Å². The molecule has 3 heteroatoms. The lowest BCUT2D eigenvalue weighted by Gasteiger charge is -2.48. The van der Waals surface area contributed by atoms with E-state index in [1.807, 2.05) is 9.64 Å². The normalized spacial score (nSPS) is 17.3. The average Bonchev–Trinajstić information content (AvgIpc) is 3.03. The minimum absolute atomic E-state index is 0.705. The van der Waals surface area contributed by atoms with Crippen LogP contribution in [0.25, 0.3) is 11.1 Å². The molecule has 0 aromatic heterocycles. The van der Waals surface area contributed by atoms with E-state index in [1.165, 1.54) is 11.1 Å². The maximum atomic E-state index is 2.60. The van der Waals surface area contributed by atoms with Gasteiger partial charge < -0.3 is 0 Å². The molecule has 31 heavy (non-hydrogen) atoms. The fourth-order valence-electron chi connectivity index (χ4n) is 6.39. The SMILES string of the molecule is CC(C)[Si]1(C(C)C)C([Si](C)(C)C)=C(c2ccccc2)C(c2ccccc2)=C1[Si](C)(C)C. The van der Waals surface area contributed by atoms with Gasteiger partial charge in [-0.25, -0.2) is 0 Å². The molecule has 2 aromatic carbocycles. The topological polar surface area (TPSA) is 0 Å². The summed E-state index contributed by atoms with van der Waals surface area (Å²) < 4.78 is 0. The van der Waals surface area contributed by atoms with E-state index in [4.69, 9.17) is 0 Å². The Labute approximate surface area is 194 Å². The van der Waals surface area contributed by atoms with Crippen LogP contribution in [-0.4, -0.2) is 24.2 Å². The van der Waals surface area contributed by atoms with Gasteiger partial charge >= 0.3 is 0 Å². The molecule has 0 atom stereocenters. The van der Waals surface area contributed by atoms with Crippen LogP contribution in [0.5, 0.6) is 0 Å². The van der Waals surface area contributed by atoms with Crippen molar-refractivity contribution in [3.05, 3.63) is 81.4 Å². The first-order chi connectivity index (χ1) is 14.3. The summed E-state index contributed by atoms with van der Waals surface area (Å²) in [5.74, 6) is 0. The van der Waals surface area contributed by atoms with Crippen LogP contribution in [0.1, 0.15) is 38.8 Å². The van der Waals surface area contributed by atoms with E-state index in [9.17, 15) is 0 Å². The van der Waals surface area contributed by atoms with Gasteiger partial charge in [0.05, 0.1) is 16.1 Å². The predicted octanol–water partition coefficient (Wildman–Crippen LogP) is 9.01. The highest BCUT2D eigenvalue weighted by Crippen LogP contribution is 2.60. The maximum Gasteiger partial charge on any atom is 0.107 e. The number of hydrogen-bond acceptors (Lipinski definition) is 0. The van der Waals surface area contributed by atoms with E-state index in [-0.39, 0.29) is 0 Å². The van der Waals surface area contributed by atoms with Gasteiger partial charge in [0, 0.05) is 0 Å². The molecule has 2 aromatic rings. The summed E-state index contributed by atoms with van der Waals surface area (Å²) in [6.07, 6.45) is 0. The monoisotopic (exact) mass is 462 g/mol. The fraction of sp³-hybridized carbons (Fsp3) is 0.429. The molecule has 0 bridgehead atoms. The second-order valence-electron chi connectivity index (χ2n) is 11.9. The van der Waals surface area contributed by atoms with Gasteiger partial charge in [0.25, 0.3) is 0 Å². The van der Waals surface area contributed by atoms with Crippen LogP contribution in [0.15, 0.2) is 70.3 Å². The van der Waals surface area contributed by atoms with Gasteiger partial charge in [-0.05, 0) is 33.4 Å². The van der Waals surface area contributed by atoms with Crippen molar-refractivity contribution >= 4 is 35.4 Å². The Balaban J connectivity index is 2.64. The summed E-state index contributed by atoms with van der Waals surface area (Å²) in [4.78, 5) is 3.85. The summed E-state index contributed by atoms with van der Waals surface area (Å²) in [7, 11) is -5.13. The molecule has 1 aliphatic rings. The van der Waals surface area contributed by atoms with Crippen molar-refractivity contribution in [2.45, 2.75) is 78.1 Å². The summed E-state index contributed by atoms with van der Waals surface area (Å²) in [5, 5.41) is 0. The molecule has 0 nitrogen and oxygen atoms in total. The Kier molecular flexibility index (Phi) is 6.63. The van der Waals surface area contributed by atoms with Gasteiger partial charge in [-0.2, -0.15) is 0 Å². The van der Waals surface area contributed by atoms with E-state index in [1.54, 1.807) is 11.1 Å². The molecule has 0 amide bonds. The van der Waals surface area contributed by atoms with E-state index in [0.29, 0.717) is 11.1 Å². The van der Waals surface area contributed by atoms with Crippen molar-refractivity contribution in [2.75, 3.05) is 0 Å². The molecule has 0 radical (unpaired) electrons. The maximum absolute atomic E-state index is 2.60. The minimum Gasteiger partial charge on any atom is -0.0780 e. The lowest BCUT2D eigenvalue weighted by Crippen LogP contribution is -2.56. The summed E-state index contributed by atoms with van der Waals surface area (Å²) in [5.41, 5.74) is 7.53. The lowest BCUT2D eigenvalue weighted by atomic mass is 9.95. The highest BCUT2D eigenvalue weighted by Gasteiger charge is 2.58. The van der Waals surface area contributed by atoms with Crippen molar-refractivity contribution in [3.63, 3.8) is 0 Å². The lowest BCUT2D eigenvalue weighted by molar-refractivity contribution is 0.920. The van der Waals surface area contributed by atoms with Crippen LogP contribution in [-0.2, 0) is 0 Å². The van der Waals surface area contributed by atoms with Crippen molar-refractivity contribution in [1.29, 1.82) is 0 Å². The first-order valence-electron chi connectivity index (χ1n) is 12.0. The molecule has 0 unspecified atom stereocenters. The van der Waals surface area contributed by atoms with Crippen LogP contribution in [0, 0.1) is 0 Å². The minimum atomic E-state index is -1.93. The third kappa shape index (κ3) is 4.05. The Hall–Kier alpha value is -1.43. The zero-order valence-corrected chi connectivity index (χ0v) is 24.4. The van der Waals surface area contributed by atoms with Gasteiger partial charge in [0.2, 0.25) is 0 Å². The van der Waals surface area contributed by atoms with Crippen molar-refractivity contribution < 1.29 is 0 Å². The highest BCUT2D eigenvalue weighted by atomic mass is 28.4. The second-order valence-corrected chi connectivity index (χ2v) is 28.0. The molecule has 0 spiro atoms. The molecule has 1 aliphatic heterocycles. The first kappa shape index (κ1) is 24.2. The largest absolute Gasteiger partial charge is 0.107 e. The van der Waals surface area contributed by atoms with Crippen molar-refractivity contribution in [3.8, 4) is 0 Å². The van der Waals surface area contributed by atoms with Gasteiger partial charge in [-0.15, -0.1) is 0 Å². The Morgan fingerprint density at radius 2 is 0.806 bits per heavy atom. The Bertz CT molecular complexity index is 899. The van der Waals surface area contributed by atoms with Crippen molar-refractivity contribution in [2.24, 2.45) is 0 Å². The summed E-state index contributed by atoms with van der Waals surface area (Å²) in [6.45, 7) is 25.8. The van der Waals surface area contributed by atoms with Gasteiger partial charge in [0.1, 0.15) is 8.07 Å². The Morgan fingerprint density at radius 1 is 0.516 bits per heavy atom. The standard InChI is InChI=1S/C28H42Si3/c1-21(2)31(22(3)4)27(29(5,6)7)25(23-17-13-11-14-18-23)26(28(31)30(8,9)10)24-19-15-12-16-20-24/h11-22H,1-10H3. The van der Waals surface area contributed by atoms with Gasteiger partial charge in [-0.1, -0.05) is 137 Å². The van der Waals surface area contributed by atoms with Crippen LogP contribution < -0.4 is 0 Å². The molecule has 1 heterocycles. The van der Waals surface area contributed by atoms with Crippen LogP contribution in [0.2, 0.25) is 50.4 Å². The zero-order valence-electron chi connectivity index (χ0n) is 21.4. The van der Waals surface area contributed by atoms with Gasteiger partial charge in [0.15, 0.2) is 0 Å². The summed E-state index contributed by atoms with van der Waals surface area (Å²) in [6, 6.07) is 22.7. The summed E-state index contributed by atoms with van der Waals surface area (Å²) >= 11 is 0. The fourth-order valence-corrected chi connectivity index (χ4v) is 28.2. The van der Waals surface area contributed by atoms with E-state index < -0.39 is 24.2 Å². The number of rotatable bonds is 6. The van der Waals surface area contributed by atoms with Crippen LogP contribution >= 0.6 is 0 Å².